The van der Waals surface area contributed by atoms with Gasteiger partial charge in [0.2, 0.25) is 6.79 Å². The molecule has 1 aromatic carbocycles. The Bertz CT molecular complexity index is 421. The largest absolute Gasteiger partial charge is 0.454 e. The summed E-state index contributed by atoms with van der Waals surface area (Å²) in [7, 11) is 0. The summed E-state index contributed by atoms with van der Waals surface area (Å²) < 4.78 is 10.6. The first-order chi connectivity index (χ1) is 7.49. The van der Waals surface area contributed by atoms with Gasteiger partial charge >= 0.3 is 0 Å². The number of ketones is 1. The maximum absolute atomic E-state index is 11.2. The number of hydrogen-bond acceptors (Lipinski definition) is 3. The van der Waals surface area contributed by atoms with E-state index in [1.807, 2.05) is 18.2 Å². The zero-order chi connectivity index (χ0) is 11.8. The van der Waals surface area contributed by atoms with Crippen LogP contribution in [0.5, 0.6) is 11.5 Å². The summed E-state index contributed by atoms with van der Waals surface area (Å²) in [5.74, 6) is 1.75. The van der Waals surface area contributed by atoms with Gasteiger partial charge in [0.05, 0.1) is 0 Å². The van der Waals surface area contributed by atoms with Crippen molar-refractivity contribution >= 4 is 5.78 Å². The van der Waals surface area contributed by atoms with E-state index in [1.165, 1.54) is 0 Å². The third-order valence-electron chi connectivity index (χ3n) is 2.84. The Kier molecular flexibility index (Phi) is 2.62. The van der Waals surface area contributed by atoms with Crippen molar-refractivity contribution in [3.8, 4) is 11.5 Å². The molecule has 1 aliphatic rings. The van der Waals surface area contributed by atoms with E-state index < -0.39 is 0 Å². The molecule has 0 amide bonds. The Balaban J connectivity index is 2.30. The average molecular weight is 220 g/mol. The summed E-state index contributed by atoms with van der Waals surface area (Å²) in [6.45, 7) is 6.03. The van der Waals surface area contributed by atoms with E-state index in [0.29, 0.717) is 6.42 Å². The lowest BCUT2D eigenvalue weighted by Crippen LogP contribution is -2.20. The van der Waals surface area contributed by atoms with Crippen molar-refractivity contribution in [1.82, 2.24) is 0 Å². The minimum Gasteiger partial charge on any atom is -0.454 e. The second-order valence-electron chi connectivity index (χ2n) is 4.83. The van der Waals surface area contributed by atoms with Crippen LogP contribution in [0.25, 0.3) is 0 Å². The number of rotatable bonds is 3. The molecule has 0 aliphatic carbocycles. The highest BCUT2D eigenvalue weighted by atomic mass is 16.7. The van der Waals surface area contributed by atoms with Crippen LogP contribution >= 0.6 is 0 Å². The zero-order valence-corrected chi connectivity index (χ0v) is 9.87. The standard InChI is InChI=1S/C13H16O3/c1-9(14)7-13(2,3)10-4-5-11-12(6-10)16-8-15-11/h4-6H,7-8H2,1-3H3. The van der Waals surface area contributed by atoms with Gasteiger partial charge < -0.3 is 9.47 Å². The van der Waals surface area contributed by atoms with E-state index in [2.05, 4.69) is 13.8 Å². The molecule has 0 radical (unpaired) electrons. The Morgan fingerprint density at radius 1 is 1.31 bits per heavy atom. The van der Waals surface area contributed by atoms with E-state index in [0.717, 1.165) is 17.1 Å². The molecule has 86 valence electrons. The van der Waals surface area contributed by atoms with Crippen LogP contribution in [-0.4, -0.2) is 12.6 Å². The molecule has 0 fully saturated rings. The van der Waals surface area contributed by atoms with Crippen molar-refractivity contribution in [2.24, 2.45) is 0 Å². The van der Waals surface area contributed by atoms with Gasteiger partial charge in [0.1, 0.15) is 5.78 Å². The van der Waals surface area contributed by atoms with Gasteiger partial charge in [0.25, 0.3) is 0 Å². The molecule has 1 aromatic rings. The molecule has 1 heterocycles. The number of benzene rings is 1. The summed E-state index contributed by atoms with van der Waals surface area (Å²) in [6.07, 6.45) is 0.534. The molecule has 0 aromatic heterocycles. The quantitative estimate of drug-likeness (QED) is 0.785. The number of carbonyl (C=O) groups is 1. The van der Waals surface area contributed by atoms with Crippen molar-refractivity contribution in [3.63, 3.8) is 0 Å². The molecule has 0 unspecified atom stereocenters. The van der Waals surface area contributed by atoms with Gasteiger partial charge in [0.15, 0.2) is 11.5 Å². The van der Waals surface area contributed by atoms with Crippen molar-refractivity contribution in [2.75, 3.05) is 6.79 Å². The van der Waals surface area contributed by atoms with Crippen molar-refractivity contribution < 1.29 is 14.3 Å². The minimum atomic E-state index is -0.160. The molecule has 0 N–H and O–H groups in total. The van der Waals surface area contributed by atoms with Crippen molar-refractivity contribution in [2.45, 2.75) is 32.6 Å². The molecule has 1 aliphatic heterocycles. The van der Waals surface area contributed by atoms with Crippen LogP contribution in [0.4, 0.5) is 0 Å². The molecule has 0 saturated carbocycles. The van der Waals surface area contributed by atoms with Crippen molar-refractivity contribution in [3.05, 3.63) is 23.8 Å². The molecule has 0 atom stereocenters. The molecule has 3 heteroatoms. The Hall–Kier alpha value is -1.51. The summed E-state index contributed by atoms with van der Waals surface area (Å²) in [5.41, 5.74) is 0.944. The van der Waals surface area contributed by atoms with Gasteiger partial charge in [-0.1, -0.05) is 19.9 Å². The van der Waals surface area contributed by atoms with Crippen LogP contribution in [0.1, 0.15) is 32.8 Å². The Labute approximate surface area is 95.4 Å². The van der Waals surface area contributed by atoms with E-state index in [1.54, 1.807) is 6.92 Å². The minimum absolute atomic E-state index is 0.160. The van der Waals surface area contributed by atoms with Gasteiger partial charge in [-0.05, 0) is 30.0 Å². The topological polar surface area (TPSA) is 35.5 Å². The molecule has 0 spiro atoms. The molecular weight excluding hydrogens is 204 g/mol. The number of carbonyl (C=O) groups excluding carboxylic acids is 1. The fourth-order valence-electron chi connectivity index (χ4n) is 2.04. The summed E-state index contributed by atoms with van der Waals surface area (Å²) in [6, 6.07) is 5.86. The zero-order valence-electron chi connectivity index (χ0n) is 9.87. The van der Waals surface area contributed by atoms with E-state index in [-0.39, 0.29) is 18.0 Å². The molecular formula is C13H16O3. The van der Waals surface area contributed by atoms with Crippen LogP contribution in [-0.2, 0) is 10.2 Å². The Morgan fingerprint density at radius 3 is 2.69 bits per heavy atom. The van der Waals surface area contributed by atoms with Crippen molar-refractivity contribution in [1.29, 1.82) is 0 Å². The lowest BCUT2D eigenvalue weighted by molar-refractivity contribution is -0.118. The van der Waals surface area contributed by atoms with Crippen LogP contribution in [0, 0.1) is 0 Å². The first kappa shape index (κ1) is 11.0. The second kappa shape index (κ2) is 3.81. The van der Waals surface area contributed by atoms with Gasteiger partial charge in [-0.2, -0.15) is 0 Å². The van der Waals surface area contributed by atoms with Crippen LogP contribution in [0.2, 0.25) is 0 Å². The predicted molar refractivity (Wildman–Crippen MR) is 60.9 cm³/mol. The fraction of sp³-hybridized carbons (Fsp3) is 0.462. The molecule has 0 saturated heterocycles. The first-order valence-corrected chi connectivity index (χ1v) is 5.38. The lowest BCUT2D eigenvalue weighted by Gasteiger charge is -2.24. The van der Waals surface area contributed by atoms with Gasteiger partial charge in [0, 0.05) is 6.42 Å². The number of ether oxygens (including phenoxy) is 2. The van der Waals surface area contributed by atoms with Crippen LogP contribution in [0.15, 0.2) is 18.2 Å². The first-order valence-electron chi connectivity index (χ1n) is 5.38. The van der Waals surface area contributed by atoms with Gasteiger partial charge in [-0.15, -0.1) is 0 Å². The molecule has 16 heavy (non-hydrogen) atoms. The summed E-state index contributed by atoms with van der Waals surface area (Å²) in [5, 5.41) is 0. The monoisotopic (exact) mass is 220 g/mol. The number of Topliss-reactive ketones (excluding diaryl/α,β-unsaturated/α-hetero) is 1. The molecule has 3 nitrogen and oxygen atoms in total. The van der Waals surface area contributed by atoms with E-state index in [9.17, 15) is 4.79 Å². The maximum Gasteiger partial charge on any atom is 0.231 e. The Morgan fingerprint density at radius 2 is 2.00 bits per heavy atom. The van der Waals surface area contributed by atoms with E-state index >= 15 is 0 Å². The number of hydrogen-bond donors (Lipinski definition) is 0. The lowest BCUT2D eigenvalue weighted by atomic mass is 9.80. The predicted octanol–water partition coefficient (Wildman–Crippen LogP) is 2.67. The fourth-order valence-corrected chi connectivity index (χ4v) is 2.04. The second-order valence-corrected chi connectivity index (χ2v) is 4.83. The van der Waals surface area contributed by atoms with Crippen LogP contribution in [0.3, 0.4) is 0 Å². The third-order valence-corrected chi connectivity index (χ3v) is 2.84. The average Bonchev–Trinajstić information content (AvgIpc) is 2.61. The van der Waals surface area contributed by atoms with E-state index in [4.69, 9.17) is 9.47 Å². The SMILES string of the molecule is CC(=O)CC(C)(C)c1ccc2c(c1)OCO2. The summed E-state index contributed by atoms with van der Waals surface area (Å²) >= 11 is 0. The van der Waals surface area contributed by atoms with Gasteiger partial charge in [-0.25, -0.2) is 0 Å². The highest BCUT2D eigenvalue weighted by Crippen LogP contribution is 2.37. The van der Waals surface area contributed by atoms with Crippen LogP contribution < -0.4 is 9.47 Å². The highest BCUT2D eigenvalue weighted by Gasteiger charge is 2.25. The maximum atomic E-state index is 11.2. The third kappa shape index (κ3) is 2.03. The molecule has 2 rings (SSSR count). The smallest absolute Gasteiger partial charge is 0.231 e. The summed E-state index contributed by atoms with van der Waals surface area (Å²) in [4.78, 5) is 11.2. The highest BCUT2D eigenvalue weighted by molar-refractivity contribution is 5.77. The number of fused-ring (bicyclic) bond motifs is 1. The normalized spacial score (nSPS) is 13.9. The van der Waals surface area contributed by atoms with Gasteiger partial charge in [-0.3, -0.25) is 4.79 Å². The molecule has 0 bridgehead atoms.